The molecule has 2 unspecified atom stereocenters. The summed E-state index contributed by atoms with van der Waals surface area (Å²) in [7, 11) is 0. The van der Waals surface area contributed by atoms with E-state index in [9.17, 15) is 0 Å². The van der Waals surface area contributed by atoms with Gasteiger partial charge in [0.1, 0.15) is 0 Å². The highest BCUT2D eigenvalue weighted by Crippen LogP contribution is 2.21. The van der Waals surface area contributed by atoms with E-state index in [1.165, 1.54) is 50.3 Å². The molecule has 0 spiro atoms. The molecular formula is C13H27Br. The molecule has 0 saturated heterocycles. The third-order valence-electron chi connectivity index (χ3n) is 3.33. The Hall–Kier alpha value is 0.480. The van der Waals surface area contributed by atoms with Crippen LogP contribution < -0.4 is 0 Å². The SMILES string of the molecule is CCC(C)CCCC(CC)CCCBr. The number of hydrogen-bond acceptors (Lipinski definition) is 0. The molecular weight excluding hydrogens is 236 g/mol. The zero-order chi connectivity index (χ0) is 10.8. The van der Waals surface area contributed by atoms with Crippen molar-refractivity contribution in [1.29, 1.82) is 0 Å². The zero-order valence-electron chi connectivity index (χ0n) is 10.2. The summed E-state index contributed by atoms with van der Waals surface area (Å²) in [6.07, 6.45) is 9.81. The van der Waals surface area contributed by atoms with Crippen LogP contribution in [-0.4, -0.2) is 5.33 Å². The summed E-state index contributed by atoms with van der Waals surface area (Å²) >= 11 is 3.51. The smallest absolute Gasteiger partial charge is 0.00314 e. The summed E-state index contributed by atoms with van der Waals surface area (Å²) in [6, 6.07) is 0. The third-order valence-corrected chi connectivity index (χ3v) is 3.89. The van der Waals surface area contributed by atoms with E-state index in [-0.39, 0.29) is 0 Å². The minimum atomic E-state index is 0.934. The van der Waals surface area contributed by atoms with E-state index in [0.717, 1.165) is 11.8 Å². The molecule has 2 atom stereocenters. The van der Waals surface area contributed by atoms with Gasteiger partial charge >= 0.3 is 0 Å². The van der Waals surface area contributed by atoms with E-state index in [0.29, 0.717) is 0 Å². The normalized spacial score (nSPS) is 15.4. The molecule has 0 aromatic heterocycles. The molecule has 0 aromatic carbocycles. The Kier molecular flexibility index (Phi) is 10.4. The molecule has 0 radical (unpaired) electrons. The van der Waals surface area contributed by atoms with Crippen molar-refractivity contribution < 1.29 is 0 Å². The molecule has 0 bridgehead atoms. The Morgan fingerprint density at radius 3 is 2.07 bits per heavy atom. The third kappa shape index (κ3) is 7.84. The molecule has 0 fully saturated rings. The molecule has 14 heavy (non-hydrogen) atoms. The molecule has 0 nitrogen and oxygen atoms in total. The lowest BCUT2D eigenvalue weighted by atomic mass is 9.92. The van der Waals surface area contributed by atoms with Crippen molar-refractivity contribution in [3.63, 3.8) is 0 Å². The summed E-state index contributed by atoms with van der Waals surface area (Å²) in [6.45, 7) is 7.01. The first-order chi connectivity index (χ1) is 6.74. The van der Waals surface area contributed by atoms with Gasteiger partial charge < -0.3 is 0 Å². The van der Waals surface area contributed by atoms with Crippen LogP contribution in [0.1, 0.15) is 65.7 Å². The molecule has 1 heteroatoms. The summed E-state index contributed by atoms with van der Waals surface area (Å²) < 4.78 is 0. The highest BCUT2D eigenvalue weighted by molar-refractivity contribution is 9.09. The van der Waals surface area contributed by atoms with E-state index >= 15 is 0 Å². The lowest BCUT2D eigenvalue weighted by Gasteiger charge is -2.15. The largest absolute Gasteiger partial charge is 0.0928 e. The number of rotatable bonds is 9. The Labute approximate surface area is 99.0 Å². The number of hydrogen-bond donors (Lipinski definition) is 0. The highest BCUT2D eigenvalue weighted by Gasteiger charge is 2.06. The fourth-order valence-electron chi connectivity index (χ4n) is 1.88. The first kappa shape index (κ1) is 14.5. The minimum absolute atomic E-state index is 0.934. The van der Waals surface area contributed by atoms with Crippen molar-refractivity contribution in [2.75, 3.05) is 5.33 Å². The average molecular weight is 263 g/mol. The molecule has 0 rings (SSSR count). The molecule has 0 N–H and O–H groups in total. The topological polar surface area (TPSA) is 0 Å². The lowest BCUT2D eigenvalue weighted by Crippen LogP contribution is -2.01. The molecule has 86 valence electrons. The van der Waals surface area contributed by atoms with E-state index in [1.807, 2.05) is 0 Å². The monoisotopic (exact) mass is 262 g/mol. The van der Waals surface area contributed by atoms with Gasteiger partial charge in [-0.3, -0.25) is 0 Å². The van der Waals surface area contributed by atoms with Gasteiger partial charge in [0, 0.05) is 5.33 Å². The first-order valence-electron chi connectivity index (χ1n) is 6.30. The van der Waals surface area contributed by atoms with Gasteiger partial charge in [0.15, 0.2) is 0 Å². The standard InChI is InChI=1S/C13H27Br/c1-4-12(3)8-6-9-13(5-2)10-7-11-14/h12-13H,4-11H2,1-3H3. The van der Waals surface area contributed by atoms with Gasteiger partial charge in [-0.2, -0.15) is 0 Å². The van der Waals surface area contributed by atoms with E-state index in [2.05, 4.69) is 36.7 Å². The van der Waals surface area contributed by atoms with Crippen molar-refractivity contribution >= 4 is 15.9 Å². The van der Waals surface area contributed by atoms with Crippen LogP contribution in [0.25, 0.3) is 0 Å². The van der Waals surface area contributed by atoms with Crippen LogP contribution in [0.3, 0.4) is 0 Å². The van der Waals surface area contributed by atoms with Crippen molar-refractivity contribution in [2.24, 2.45) is 11.8 Å². The predicted molar refractivity (Wildman–Crippen MR) is 70.1 cm³/mol. The van der Waals surface area contributed by atoms with Gasteiger partial charge in [0.25, 0.3) is 0 Å². The van der Waals surface area contributed by atoms with Crippen molar-refractivity contribution in [1.82, 2.24) is 0 Å². The predicted octanol–water partition coefficient (Wildman–Crippen LogP) is 5.40. The van der Waals surface area contributed by atoms with Crippen LogP contribution in [0.4, 0.5) is 0 Å². The Morgan fingerprint density at radius 2 is 1.57 bits per heavy atom. The van der Waals surface area contributed by atoms with Crippen LogP contribution in [0.2, 0.25) is 0 Å². The van der Waals surface area contributed by atoms with Gasteiger partial charge in [-0.15, -0.1) is 0 Å². The van der Waals surface area contributed by atoms with Crippen LogP contribution in [0.15, 0.2) is 0 Å². The van der Waals surface area contributed by atoms with Gasteiger partial charge in [0.2, 0.25) is 0 Å². The quantitative estimate of drug-likeness (QED) is 0.488. The van der Waals surface area contributed by atoms with Crippen LogP contribution in [0, 0.1) is 11.8 Å². The fourth-order valence-corrected chi connectivity index (χ4v) is 2.20. The molecule has 0 aromatic rings. The fraction of sp³-hybridized carbons (Fsp3) is 1.00. The molecule has 0 amide bonds. The second kappa shape index (κ2) is 10.0. The van der Waals surface area contributed by atoms with Gasteiger partial charge in [-0.05, 0) is 24.7 Å². The summed E-state index contributed by atoms with van der Waals surface area (Å²) in [5, 5.41) is 1.18. The van der Waals surface area contributed by atoms with E-state index in [1.54, 1.807) is 0 Å². The molecule has 0 heterocycles. The maximum Gasteiger partial charge on any atom is 0.00314 e. The maximum absolute atomic E-state index is 3.51. The lowest BCUT2D eigenvalue weighted by molar-refractivity contribution is 0.387. The van der Waals surface area contributed by atoms with Crippen LogP contribution in [0.5, 0.6) is 0 Å². The maximum atomic E-state index is 3.51. The average Bonchev–Trinajstić information content (AvgIpc) is 2.22. The Bertz CT molecular complexity index is 112. The second-order valence-corrected chi connectivity index (χ2v) is 5.34. The van der Waals surface area contributed by atoms with E-state index in [4.69, 9.17) is 0 Å². The second-order valence-electron chi connectivity index (χ2n) is 4.55. The number of alkyl halides is 1. The van der Waals surface area contributed by atoms with Gasteiger partial charge in [0.05, 0.1) is 0 Å². The summed E-state index contributed by atoms with van der Waals surface area (Å²) in [4.78, 5) is 0. The van der Waals surface area contributed by atoms with Crippen molar-refractivity contribution in [2.45, 2.75) is 65.7 Å². The molecule has 0 aliphatic carbocycles. The zero-order valence-corrected chi connectivity index (χ0v) is 11.8. The van der Waals surface area contributed by atoms with Crippen molar-refractivity contribution in [3.8, 4) is 0 Å². The molecule has 0 aliphatic heterocycles. The number of halogens is 1. The van der Waals surface area contributed by atoms with Crippen molar-refractivity contribution in [3.05, 3.63) is 0 Å². The van der Waals surface area contributed by atoms with Crippen LogP contribution in [-0.2, 0) is 0 Å². The minimum Gasteiger partial charge on any atom is -0.0928 e. The van der Waals surface area contributed by atoms with E-state index < -0.39 is 0 Å². The van der Waals surface area contributed by atoms with Gasteiger partial charge in [-0.1, -0.05) is 68.8 Å². The van der Waals surface area contributed by atoms with Gasteiger partial charge in [-0.25, -0.2) is 0 Å². The molecule has 0 aliphatic rings. The summed E-state index contributed by atoms with van der Waals surface area (Å²) in [5.74, 6) is 1.92. The first-order valence-corrected chi connectivity index (χ1v) is 7.42. The molecule has 0 saturated carbocycles. The Balaban J connectivity index is 3.42. The van der Waals surface area contributed by atoms with Crippen LogP contribution >= 0.6 is 15.9 Å². The Morgan fingerprint density at radius 1 is 0.929 bits per heavy atom. The highest BCUT2D eigenvalue weighted by atomic mass is 79.9. The summed E-state index contributed by atoms with van der Waals surface area (Å²) in [5.41, 5.74) is 0.